The van der Waals surface area contributed by atoms with Gasteiger partial charge in [-0.15, -0.1) is 0 Å². The van der Waals surface area contributed by atoms with Crippen molar-refractivity contribution in [1.29, 1.82) is 0 Å². The summed E-state index contributed by atoms with van der Waals surface area (Å²) in [5, 5.41) is 6.91. The normalized spacial score (nSPS) is 22.6. The number of halogens is 1. The quantitative estimate of drug-likeness (QED) is 0.637. The van der Waals surface area contributed by atoms with Gasteiger partial charge in [0.1, 0.15) is 29.1 Å². The van der Waals surface area contributed by atoms with Gasteiger partial charge in [-0.2, -0.15) is 0 Å². The fourth-order valence-electron chi connectivity index (χ4n) is 4.16. The number of anilines is 1. The minimum absolute atomic E-state index is 0.101. The number of aromatic nitrogens is 2. The van der Waals surface area contributed by atoms with Crippen LogP contribution in [-0.2, 0) is 0 Å². The molecule has 3 aromatic rings. The van der Waals surface area contributed by atoms with Gasteiger partial charge in [0.05, 0.1) is 0 Å². The van der Waals surface area contributed by atoms with Gasteiger partial charge in [-0.1, -0.05) is 0 Å². The first kappa shape index (κ1) is 16.6. The van der Waals surface area contributed by atoms with Crippen LogP contribution in [0.3, 0.4) is 0 Å². The van der Waals surface area contributed by atoms with E-state index in [1.54, 1.807) is 12.1 Å². The molecule has 2 atom stereocenters. The maximum absolute atomic E-state index is 14.6. The molecule has 1 fully saturated rings. The van der Waals surface area contributed by atoms with Gasteiger partial charge in [0.25, 0.3) is 0 Å². The maximum Gasteiger partial charge on any atom is 0.147 e. The predicted molar refractivity (Wildman–Crippen MR) is 104 cm³/mol. The molecule has 2 N–H and O–H groups in total. The van der Waals surface area contributed by atoms with Gasteiger partial charge in [-0.05, 0) is 62.1 Å². The van der Waals surface area contributed by atoms with E-state index in [1.807, 2.05) is 28.9 Å². The standard InChI is InChI=1S/C21H23FN4O/c22-19-2-1-15-12-18(19)17-5-9-26-10-6-20(25-21(17)26)24-8-4-14-3-7-23-13-16(11-14)27-15/h1-2,5-6,9-10,12,14,16,23H,3-4,7-8,11,13H2,(H,24,25)/t14?,16-/m0/s1. The summed E-state index contributed by atoms with van der Waals surface area (Å²) in [5.74, 6) is 1.87. The van der Waals surface area contributed by atoms with Crippen molar-refractivity contribution < 1.29 is 9.13 Å². The molecule has 1 saturated heterocycles. The highest BCUT2D eigenvalue weighted by Gasteiger charge is 2.22. The molecular formula is C21H23FN4O. The third kappa shape index (κ3) is 3.25. The molecule has 2 aliphatic heterocycles. The number of rotatable bonds is 0. The molecule has 6 bridgehead atoms. The van der Waals surface area contributed by atoms with Gasteiger partial charge in [0.2, 0.25) is 0 Å². The first-order valence-corrected chi connectivity index (χ1v) is 9.65. The fourth-order valence-corrected chi connectivity index (χ4v) is 4.16. The van der Waals surface area contributed by atoms with Crippen LogP contribution in [0.5, 0.6) is 5.75 Å². The van der Waals surface area contributed by atoms with E-state index in [-0.39, 0.29) is 11.9 Å². The number of nitrogens with one attached hydrogen (secondary N) is 2. The highest BCUT2D eigenvalue weighted by Crippen LogP contribution is 2.32. The lowest BCUT2D eigenvalue weighted by molar-refractivity contribution is 0.175. The van der Waals surface area contributed by atoms with Crippen molar-refractivity contribution in [3.8, 4) is 16.9 Å². The molecule has 5 rings (SSSR count). The summed E-state index contributed by atoms with van der Waals surface area (Å²) in [6.45, 7) is 2.71. The fraction of sp³-hybridized carbons (Fsp3) is 0.381. The van der Waals surface area contributed by atoms with Crippen LogP contribution in [-0.4, -0.2) is 35.1 Å². The third-order valence-electron chi connectivity index (χ3n) is 5.59. The third-order valence-corrected chi connectivity index (χ3v) is 5.59. The molecule has 4 heterocycles. The molecule has 2 aromatic heterocycles. The van der Waals surface area contributed by atoms with Gasteiger partial charge in [-0.3, -0.25) is 0 Å². The van der Waals surface area contributed by atoms with E-state index in [4.69, 9.17) is 9.72 Å². The Morgan fingerprint density at radius 1 is 1.07 bits per heavy atom. The average molecular weight is 366 g/mol. The Labute approximate surface area is 157 Å². The van der Waals surface area contributed by atoms with Crippen LogP contribution in [0.2, 0.25) is 0 Å². The SMILES string of the molecule is Fc1ccc2cc1-c1ccn3ccc(nc13)NCCC1CCNC[C@H](C1)O2. The lowest BCUT2D eigenvalue weighted by atomic mass is 9.95. The second-order valence-corrected chi connectivity index (χ2v) is 7.46. The monoisotopic (exact) mass is 366 g/mol. The average Bonchev–Trinajstić information content (AvgIpc) is 2.95. The summed E-state index contributed by atoms with van der Waals surface area (Å²) in [6, 6.07) is 8.89. The molecule has 0 spiro atoms. The molecule has 0 radical (unpaired) electrons. The zero-order valence-electron chi connectivity index (χ0n) is 15.1. The summed E-state index contributed by atoms with van der Waals surface area (Å²) in [7, 11) is 0. The zero-order valence-corrected chi connectivity index (χ0v) is 15.1. The number of fused-ring (bicyclic) bond motifs is 6. The Morgan fingerprint density at radius 3 is 2.93 bits per heavy atom. The molecule has 0 saturated carbocycles. The van der Waals surface area contributed by atoms with Crippen LogP contribution < -0.4 is 15.4 Å². The Hall–Kier alpha value is -2.60. The largest absolute Gasteiger partial charge is 0.489 e. The van der Waals surface area contributed by atoms with Crippen molar-refractivity contribution >= 4 is 11.5 Å². The number of benzene rings is 1. The highest BCUT2D eigenvalue weighted by atomic mass is 19.1. The maximum atomic E-state index is 14.6. The molecule has 1 unspecified atom stereocenters. The Kier molecular flexibility index (Phi) is 4.20. The van der Waals surface area contributed by atoms with Crippen LogP contribution >= 0.6 is 0 Å². The van der Waals surface area contributed by atoms with Gasteiger partial charge in [0.15, 0.2) is 0 Å². The summed E-state index contributed by atoms with van der Waals surface area (Å²) in [6.07, 6.45) is 7.20. The van der Waals surface area contributed by atoms with E-state index < -0.39 is 0 Å². The van der Waals surface area contributed by atoms with Gasteiger partial charge >= 0.3 is 0 Å². The van der Waals surface area contributed by atoms with Crippen molar-refractivity contribution in [2.24, 2.45) is 5.92 Å². The van der Waals surface area contributed by atoms with Gasteiger partial charge < -0.3 is 19.8 Å². The molecular weight excluding hydrogens is 343 g/mol. The van der Waals surface area contributed by atoms with Crippen molar-refractivity contribution in [1.82, 2.24) is 14.7 Å². The van der Waals surface area contributed by atoms with E-state index >= 15 is 0 Å². The van der Waals surface area contributed by atoms with Crippen LogP contribution in [0.25, 0.3) is 16.8 Å². The van der Waals surface area contributed by atoms with Crippen molar-refractivity contribution in [3.63, 3.8) is 0 Å². The van der Waals surface area contributed by atoms with Crippen molar-refractivity contribution in [2.75, 3.05) is 25.0 Å². The summed E-state index contributed by atoms with van der Waals surface area (Å²) >= 11 is 0. The van der Waals surface area contributed by atoms with Crippen molar-refractivity contribution in [3.05, 3.63) is 48.5 Å². The summed E-state index contributed by atoms with van der Waals surface area (Å²) in [5.41, 5.74) is 2.04. The molecule has 1 aromatic carbocycles. The van der Waals surface area contributed by atoms with Crippen molar-refractivity contribution in [2.45, 2.75) is 25.4 Å². The first-order valence-electron chi connectivity index (χ1n) is 9.65. The van der Waals surface area contributed by atoms with Gasteiger partial charge in [-0.25, -0.2) is 9.37 Å². The summed E-state index contributed by atoms with van der Waals surface area (Å²) in [4.78, 5) is 4.73. The molecule has 140 valence electrons. The van der Waals surface area contributed by atoms with Gasteiger partial charge in [0, 0.05) is 36.6 Å². The van der Waals surface area contributed by atoms with E-state index in [1.165, 1.54) is 6.07 Å². The first-order chi connectivity index (χ1) is 13.3. The molecule has 5 nitrogen and oxygen atoms in total. The number of nitrogens with zero attached hydrogens (tertiary/aromatic N) is 2. The Balaban J connectivity index is 1.62. The van der Waals surface area contributed by atoms with E-state index in [0.717, 1.165) is 55.9 Å². The van der Waals surface area contributed by atoms with Crippen LogP contribution in [0.4, 0.5) is 10.2 Å². The smallest absolute Gasteiger partial charge is 0.147 e. The Bertz CT molecular complexity index is 970. The molecule has 27 heavy (non-hydrogen) atoms. The predicted octanol–water partition coefficient (Wildman–Crippen LogP) is 3.70. The highest BCUT2D eigenvalue weighted by molar-refractivity contribution is 5.80. The number of hydrogen-bond donors (Lipinski definition) is 2. The van der Waals surface area contributed by atoms with E-state index in [2.05, 4.69) is 10.6 Å². The van der Waals surface area contributed by atoms with Crippen LogP contribution in [0, 0.1) is 11.7 Å². The van der Waals surface area contributed by atoms with Crippen LogP contribution in [0.1, 0.15) is 19.3 Å². The molecule has 6 heteroatoms. The number of ether oxygens (including phenoxy) is 1. The van der Waals surface area contributed by atoms with E-state index in [9.17, 15) is 4.39 Å². The summed E-state index contributed by atoms with van der Waals surface area (Å²) < 4.78 is 22.8. The van der Waals surface area contributed by atoms with E-state index in [0.29, 0.717) is 17.2 Å². The number of hydrogen-bond acceptors (Lipinski definition) is 4. The lowest BCUT2D eigenvalue weighted by Gasteiger charge is -2.22. The zero-order chi connectivity index (χ0) is 18.2. The topological polar surface area (TPSA) is 50.6 Å². The molecule has 2 aliphatic rings. The second-order valence-electron chi connectivity index (χ2n) is 7.46. The van der Waals surface area contributed by atoms with Crippen LogP contribution in [0.15, 0.2) is 42.7 Å². The molecule has 0 amide bonds. The minimum atomic E-state index is -0.264. The lowest BCUT2D eigenvalue weighted by Crippen LogP contribution is -2.29. The minimum Gasteiger partial charge on any atom is -0.489 e. The Morgan fingerprint density at radius 2 is 1.96 bits per heavy atom. The molecule has 0 aliphatic carbocycles. The second kappa shape index (κ2) is 6.85.